The van der Waals surface area contributed by atoms with Crippen LogP contribution in [0, 0.1) is 0 Å². The quantitative estimate of drug-likeness (QED) is 0.164. The zero-order valence-electron chi connectivity index (χ0n) is 26.4. The Morgan fingerprint density at radius 3 is 2.70 bits per heavy atom. The van der Waals surface area contributed by atoms with Crippen LogP contribution in [0.15, 0.2) is 60.7 Å². The zero-order valence-corrected chi connectivity index (χ0v) is 26.4. The topological polar surface area (TPSA) is 118 Å². The lowest BCUT2D eigenvalue weighted by atomic mass is 9.81. The number of amides is 1. The van der Waals surface area contributed by atoms with Gasteiger partial charge in [-0.2, -0.15) is 0 Å². The van der Waals surface area contributed by atoms with Gasteiger partial charge >= 0.3 is 5.97 Å². The first-order valence-electron chi connectivity index (χ1n) is 15.9. The van der Waals surface area contributed by atoms with Crippen molar-refractivity contribution in [1.29, 1.82) is 0 Å². The summed E-state index contributed by atoms with van der Waals surface area (Å²) in [5, 5.41) is 13.4. The molecule has 1 saturated carbocycles. The second-order valence-electron chi connectivity index (χ2n) is 12.8. The van der Waals surface area contributed by atoms with Gasteiger partial charge in [-0.1, -0.05) is 31.4 Å². The van der Waals surface area contributed by atoms with Gasteiger partial charge in [0.1, 0.15) is 23.9 Å². The molecule has 3 aromatic carbocycles. The van der Waals surface area contributed by atoms with Crippen LogP contribution in [0.4, 0.5) is 0 Å². The van der Waals surface area contributed by atoms with E-state index in [0.717, 1.165) is 52.6 Å². The molecule has 0 bridgehead atoms. The fraction of sp³-hybridized carbons (Fsp3) is 0.324. The number of hydrogen-bond acceptors (Lipinski definition) is 5. The van der Waals surface area contributed by atoms with Gasteiger partial charge in [0.25, 0.3) is 5.91 Å². The molecule has 0 saturated heterocycles. The first kappa shape index (κ1) is 29.6. The Morgan fingerprint density at radius 2 is 1.91 bits per heavy atom. The number of benzene rings is 3. The number of imidazole rings is 1. The van der Waals surface area contributed by atoms with Gasteiger partial charge in [0, 0.05) is 34.2 Å². The summed E-state index contributed by atoms with van der Waals surface area (Å²) in [6.07, 6.45) is 8.66. The Bertz CT molecular complexity index is 2010. The number of aromatic nitrogens is 3. The van der Waals surface area contributed by atoms with Gasteiger partial charge in [0.05, 0.1) is 35.9 Å². The number of nitrogens with zero attached hydrogens (tertiary/aromatic N) is 2. The highest BCUT2D eigenvalue weighted by atomic mass is 16.5. The van der Waals surface area contributed by atoms with Crippen molar-refractivity contribution in [2.45, 2.75) is 64.0 Å². The molecule has 1 aliphatic heterocycles. The summed E-state index contributed by atoms with van der Waals surface area (Å²) in [5.41, 5.74) is 6.65. The van der Waals surface area contributed by atoms with Crippen molar-refractivity contribution >= 4 is 39.9 Å². The second kappa shape index (κ2) is 11.7. The second-order valence-corrected chi connectivity index (χ2v) is 12.8. The van der Waals surface area contributed by atoms with Gasteiger partial charge in [-0.05, 0) is 86.2 Å². The highest BCUT2D eigenvalue weighted by molar-refractivity contribution is 6.01. The molecular weight excluding hydrogens is 580 g/mol. The van der Waals surface area contributed by atoms with Crippen LogP contribution in [0.1, 0.15) is 79.2 Å². The molecule has 0 spiro atoms. The molecule has 1 amide bonds. The molecular formula is C37H38N4O5. The first-order valence-corrected chi connectivity index (χ1v) is 15.9. The number of methoxy groups -OCH3 is 1. The molecule has 3 N–H and O–H groups in total. The van der Waals surface area contributed by atoms with Gasteiger partial charge in [-0.3, -0.25) is 4.79 Å². The van der Waals surface area contributed by atoms with E-state index in [2.05, 4.69) is 27.0 Å². The number of carboxylic acids is 1. The fourth-order valence-electron chi connectivity index (χ4n) is 7.04. The normalized spacial score (nSPS) is 15.4. The number of aromatic amines is 1. The monoisotopic (exact) mass is 618 g/mol. The van der Waals surface area contributed by atoms with Crippen molar-refractivity contribution in [1.82, 2.24) is 19.9 Å². The van der Waals surface area contributed by atoms with Crippen molar-refractivity contribution in [3.8, 4) is 22.8 Å². The van der Waals surface area contributed by atoms with E-state index in [9.17, 15) is 9.59 Å². The molecule has 3 heterocycles. The lowest BCUT2D eigenvalue weighted by molar-refractivity contribution is -0.131. The molecule has 236 valence electrons. The molecule has 5 aromatic rings. The molecule has 0 atom stereocenters. The SMILES string of the molecule is COc1ccc2c(c1)OCCn1c-2c(C2CCCCC2)c2ccc(C(=O)NC(C)(C)c3nc4cc(C=CC(=O)O)ccc4[nH]3)cc21. The van der Waals surface area contributed by atoms with Crippen molar-refractivity contribution < 1.29 is 24.2 Å². The van der Waals surface area contributed by atoms with Crippen LogP contribution in [-0.4, -0.2) is 45.2 Å². The fourth-order valence-corrected chi connectivity index (χ4v) is 7.04. The largest absolute Gasteiger partial charge is 0.497 e. The number of carboxylic acid groups (broad SMARTS) is 1. The molecule has 7 rings (SSSR count). The number of carbonyl (C=O) groups is 2. The third kappa shape index (κ3) is 5.40. The summed E-state index contributed by atoms with van der Waals surface area (Å²) >= 11 is 0. The number of rotatable bonds is 7. The number of hydrogen-bond donors (Lipinski definition) is 3. The Kier molecular flexibility index (Phi) is 7.55. The maximum atomic E-state index is 13.8. The van der Waals surface area contributed by atoms with E-state index in [1.165, 1.54) is 42.0 Å². The summed E-state index contributed by atoms with van der Waals surface area (Å²) in [5.74, 6) is 1.45. The van der Waals surface area contributed by atoms with E-state index in [1.54, 1.807) is 7.11 Å². The number of carbonyl (C=O) groups excluding carboxylic acids is 1. The minimum absolute atomic E-state index is 0.192. The van der Waals surface area contributed by atoms with Gasteiger partial charge in [0.2, 0.25) is 0 Å². The average Bonchev–Trinajstić information content (AvgIpc) is 3.57. The van der Waals surface area contributed by atoms with E-state index in [-0.39, 0.29) is 5.91 Å². The van der Waals surface area contributed by atoms with Crippen LogP contribution in [0.3, 0.4) is 0 Å². The summed E-state index contributed by atoms with van der Waals surface area (Å²) in [6.45, 7) is 5.03. The van der Waals surface area contributed by atoms with Crippen molar-refractivity contribution in [2.75, 3.05) is 13.7 Å². The summed E-state index contributed by atoms with van der Waals surface area (Å²) in [7, 11) is 1.67. The standard InChI is InChI=1S/C37H38N4O5/c1-37(2,36-38-28-15-9-22(10-16-32(42)43)19-29(28)39-36)40-35(44)24-11-13-26-30(20-24)41-17-18-46-31-21-25(45-3)12-14-27(31)34(41)33(26)23-7-5-4-6-8-23/h9-16,19-21,23H,4-8,17-18H2,1-3H3,(H,38,39)(H,40,44)(H,42,43). The minimum atomic E-state index is -1.01. The Morgan fingerprint density at radius 1 is 1.09 bits per heavy atom. The smallest absolute Gasteiger partial charge is 0.328 e. The molecule has 9 nitrogen and oxygen atoms in total. The van der Waals surface area contributed by atoms with E-state index >= 15 is 0 Å². The maximum absolute atomic E-state index is 13.8. The minimum Gasteiger partial charge on any atom is -0.497 e. The van der Waals surface area contributed by atoms with E-state index in [1.807, 2.05) is 56.3 Å². The Hall–Kier alpha value is -5.05. The van der Waals surface area contributed by atoms with Crippen molar-refractivity contribution in [2.24, 2.45) is 0 Å². The van der Waals surface area contributed by atoms with Gasteiger partial charge in [-0.15, -0.1) is 0 Å². The lowest BCUT2D eigenvalue weighted by Gasteiger charge is -2.24. The molecule has 0 unspecified atom stereocenters. The van der Waals surface area contributed by atoms with E-state index in [4.69, 9.17) is 19.6 Å². The number of aliphatic carboxylic acids is 1. The number of nitrogens with one attached hydrogen (secondary N) is 2. The predicted molar refractivity (Wildman–Crippen MR) is 179 cm³/mol. The van der Waals surface area contributed by atoms with Crippen LogP contribution in [0.5, 0.6) is 11.5 Å². The van der Waals surface area contributed by atoms with Crippen LogP contribution < -0.4 is 14.8 Å². The third-order valence-electron chi connectivity index (χ3n) is 9.34. The molecule has 1 aliphatic carbocycles. The molecule has 1 fully saturated rings. The molecule has 0 radical (unpaired) electrons. The van der Waals surface area contributed by atoms with Gasteiger partial charge in [0.15, 0.2) is 0 Å². The highest BCUT2D eigenvalue weighted by Crippen LogP contribution is 2.47. The van der Waals surface area contributed by atoms with Crippen LogP contribution >= 0.6 is 0 Å². The first-order chi connectivity index (χ1) is 22.2. The highest BCUT2D eigenvalue weighted by Gasteiger charge is 2.31. The summed E-state index contributed by atoms with van der Waals surface area (Å²) in [4.78, 5) is 32.9. The summed E-state index contributed by atoms with van der Waals surface area (Å²) in [6, 6.07) is 17.7. The maximum Gasteiger partial charge on any atom is 0.328 e. The number of ether oxygens (including phenoxy) is 2. The zero-order chi connectivity index (χ0) is 32.0. The van der Waals surface area contributed by atoms with E-state index < -0.39 is 11.5 Å². The molecule has 46 heavy (non-hydrogen) atoms. The summed E-state index contributed by atoms with van der Waals surface area (Å²) < 4.78 is 14.1. The van der Waals surface area contributed by atoms with Crippen LogP contribution in [-0.2, 0) is 16.9 Å². The van der Waals surface area contributed by atoms with E-state index in [0.29, 0.717) is 36.0 Å². The Labute approximate surface area is 267 Å². The van der Waals surface area contributed by atoms with Crippen molar-refractivity contribution in [3.63, 3.8) is 0 Å². The van der Waals surface area contributed by atoms with Gasteiger partial charge < -0.3 is 29.4 Å². The van der Waals surface area contributed by atoms with Gasteiger partial charge in [-0.25, -0.2) is 9.78 Å². The molecule has 9 heteroatoms. The number of H-pyrrole nitrogens is 1. The number of fused-ring (bicyclic) bond motifs is 6. The molecule has 2 aliphatic rings. The lowest BCUT2D eigenvalue weighted by Crippen LogP contribution is -2.41. The van der Waals surface area contributed by atoms with Crippen LogP contribution in [0.2, 0.25) is 0 Å². The molecule has 2 aromatic heterocycles. The third-order valence-corrected chi connectivity index (χ3v) is 9.34. The van der Waals surface area contributed by atoms with Crippen LogP contribution in [0.25, 0.3) is 39.3 Å². The van der Waals surface area contributed by atoms with Crippen molar-refractivity contribution in [3.05, 3.63) is 83.2 Å². The predicted octanol–water partition coefficient (Wildman–Crippen LogP) is 7.40. The average molecular weight is 619 g/mol. The Balaban J connectivity index is 1.25.